The molecule has 120 valence electrons. The van der Waals surface area contributed by atoms with Gasteiger partial charge in [-0.15, -0.1) is 0 Å². The number of carbonyl (C=O) groups excluding carboxylic acids is 1. The van der Waals surface area contributed by atoms with Gasteiger partial charge in [-0.1, -0.05) is 36.4 Å². The lowest BCUT2D eigenvalue weighted by Gasteiger charge is -2.26. The Hall–Kier alpha value is -2.49. The number of carbonyl (C=O) groups is 1. The first-order chi connectivity index (χ1) is 11.2. The van der Waals surface area contributed by atoms with E-state index in [-0.39, 0.29) is 12.5 Å². The van der Waals surface area contributed by atoms with E-state index in [1.165, 1.54) is 5.56 Å². The van der Waals surface area contributed by atoms with Crippen LogP contribution in [-0.4, -0.2) is 25.7 Å². The lowest BCUT2D eigenvalue weighted by Crippen LogP contribution is -2.34. The molecule has 0 fully saturated rings. The Labute approximate surface area is 136 Å². The molecule has 3 rings (SSSR count). The summed E-state index contributed by atoms with van der Waals surface area (Å²) in [5.41, 5.74) is 2.19. The maximum absolute atomic E-state index is 12.0. The van der Waals surface area contributed by atoms with Crippen LogP contribution in [-0.2, 0) is 4.79 Å². The van der Waals surface area contributed by atoms with Crippen molar-refractivity contribution < 1.29 is 14.3 Å². The van der Waals surface area contributed by atoms with Crippen molar-refractivity contribution in [1.82, 2.24) is 5.32 Å². The zero-order valence-corrected chi connectivity index (χ0v) is 13.2. The number of amides is 1. The standard InChI is InChI=1S/C19H21NO3/c1-14-6-2-4-8-17(14)23-13-19(21)20-12-15-10-11-22-18-9-5-3-7-16(15)18/h2-9,15H,10-13H2,1H3,(H,20,21). The summed E-state index contributed by atoms with van der Waals surface area (Å²) in [6.07, 6.45) is 0.913. The molecule has 2 aromatic rings. The van der Waals surface area contributed by atoms with Crippen LogP contribution in [0.2, 0.25) is 0 Å². The lowest BCUT2D eigenvalue weighted by molar-refractivity contribution is -0.123. The molecule has 1 aliphatic rings. The zero-order valence-electron chi connectivity index (χ0n) is 13.2. The second kappa shape index (κ2) is 7.18. The number of rotatable bonds is 5. The molecule has 2 aromatic carbocycles. The monoisotopic (exact) mass is 311 g/mol. The molecule has 23 heavy (non-hydrogen) atoms. The van der Waals surface area contributed by atoms with Gasteiger partial charge in [0.1, 0.15) is 11.5 Å². The molecule has 0 saturated carbocycles. The highest BCUT2D eigenvalue weighted by Gasteiger charge is 2.21. The number of benzene rings is 2. The summed E-state index contributed by atoms with van der Waals surface area (Å²) in [4.78, 5) is 12.0. The predicted octanol–water partition coefficient (Wildman–Crippen LogP) is 3.06. The Morgan fingerprint density at radius 1 is 1.22 bits per heavy atom. The quantitative estimate of drug-likeness (QED) is 0.923. The van der Waals surface area contributed by atoms with E-state index in [1.807, 2.05) is 49.4 Å². The van der Waals surface area contributed by atoms with Crippen LogP contribution in [0.5, 0.6) is 11.5 Å². The van der Waals surface area contributed by atoms with Gasteiger partial charge in [-0.3, -0.25) is 4.79 Å². The second-order valence-electron chi connectivity index (χ2n) is 5.73. The molecule has 0 aliphatic carbocycles. The highest BCUT2D eigenvalue weighted by molar-refractivity contribution is 5.77. The molecular weight excluding hydrogens is 290 g/mol. The molecule has 1 aliphatic heterocycles. The Kier molecular flexibility index (Phi) is 4.81. The van der Waals surface area contributed by atoms with Gasteiger partial charge in [-0.25, -0.2) is 0 Å². The van der Waals surface area contributed by atoms with Crippen LogP contribution in [0, 0.1) is 6.92 Å². The van der Waals surface area contributed by atoms with E-state index in [0.29, 0.717) is 19.1 Å². The molecule has 0 bridgehead atoms. The Morgan fingerprint density at radius 3 is 2.87 bits per heavy atom. The van der Waals surface area contributed by atoms with Gasteiger partial charge in [0.05, 0.1) is 6.61 Å². The third kappa shape index (κ3) is 3.83. The summed E-state index contributed by atoms with van der Waals surface area (Å²) in [6, 6.07) is 15.7. The number of hydrogen-bond donors (Lipinski definition) is 1. The number of ether oxygens (including phenoxy) is 2. The van der Waals surface area contributed by atoms with E-state index in [4.69, 9.17) is 9.47 Å². The Balaban J connectivity index is 1.51. The molecular formula is C19H21NO3. The van der Waals surface area contributed by atoms with Crippen molar-refractivity contribution in [3.05, 3.63) is 59.7 Å². The number of nitrogens with one attached hydrogen (secondary N) is 1. The van der Waals surface area contributed by atoms with Crippen molar-refractivity contribution in [2.45, 2.75) is 19.3 Å². The Bertz CT molecular complexity index is 684. The first-order valence-electron chi connectivity index (χ1n) is 7.91. The van der Waals surface area contributed by atoms with Crippen molar-refractivity contribution in [3.63, 3.8) is 0 Å². The fourth-order valence-corrected chi connectivity index (χ4v) is 2.78. The summed E-state index contributed by atoms with van der Waals surface area (Å²) < 4.78 is 11.2. The van der Waals surface area contributed by atoms with Gasteiger partial charge in [0.25, 0.3) is 5.91 Å². The summed E-state index contributed by atoms with van der Waals surface area (Å²) in [6.45, 7) is 3.30. The molecule has 1 atom stereocenters. The second-order valence-corrected chi connectivity index (χ2v) is 5.73. The van der Waals surface area contributed by atoms with Crippen LogP contribution in [0.3, 0.4) is 0 Å². The average molecular weight is 311 g/mol. The van der Waals surface area contributed by atoms with Crippen molar-refractivity contribution in [3.8, 4) is 11.5 Å². The minimum Gasteiger partial charge on any atom is -0.493 e. The number of para-hydroxylation sites is 2. The van der Waals surface area contributed by atoms with E-state index in [9.17, 15) is 4.79 Å². The average Bonchev–Trinajstić information content (AvgIpc) is 2.59. The van der Waals surface area contributed by atoms with Crippen molar-refractivity contribution in [1.29, 1.82) is 0 Å². The normalized spacial score (nSPS) is 16.1. The molecule has 1 unspecified atom stereocenters. The van der Waals surface area contributed by atoms with Crippen LogP contribution in [0.1, 0.15) is 23.5 Å². The van der Waals surface area contributed by atoms with Gasteiger partial charge in [0, 0.05) is 12.5 Å². The summed E-state index contributed by atoms with van der Waals surface area (Å²) in [5, 5.41) is 2.96. The molecule has 0 spiro atoms. The van der Waals surface area contributed by atoms with Gasteiger partial charge < -0.3 is 14.8 Å². The first kappa shape index (κ1) is 15.4. The topological polar surface area (TPSA) is 47.6 Å². The number of fused-ring (bicyclic) bond motifs is 1. The largest absolute Gasteiger partial charge is 0.493 e. The third-order valence-electron chi connectivity index (χ3n) is 4.08. The van der Waals surface area contributed by atoms with Crippen LogP contribution < -0.4 is 14.8 Å². The molecule has 0 radical (unpaired) electrons. The molecule has 4 heteroatoms. The maximum atomic E-state index is 12.0. The van der Waals surface area contributed by atoms with Gasteiger partial charge in [-0.05, 0) is 36.6 Å². The predicted molar refractivity (Wildman–Crippen MR) is 89.0 cm³/mol. The van der Waals surface area contributed by atoms with E-state index >= 15 is 0 Å². The fraction of sp³-hybridized carbons (Fsp3) is 0.316. The number of hydrogen-bond acceptors (Lipinski definition) is 3. The minimum absolute atomic E-state index is 0.0374. The highest BCUT2D eigenvalue weighted by Crippen LogP contribution is 2.32. The molecule has 4 nitrogen and oxygen atoms in total. The van der Waals surface area contributed by atoms with Crippen LogP contribution in [0.25, 0.3) is 0 Å². The minimum atomic E-state index is -0.0998. The van der Waals surface area contributed by atoms with Crippen molar-refractivity contribution in [2.24, 2.45) is 0 Å². The van der Waals surface area contributed by atoms with Gasteiger partial charge >= 0.3 is 0 Å². The van der Waals surface area contributed by atoms with E-state index in [1.54, 1.807) is 0 Å². The van der Waals surface area contributed by atoms with Gasteiger partial charge in [0.15, 0.2) is 6.61 Å². The lowest BCUT2D eigenvalue weighted by atomic mass is 9.93. The SMILES string of the molecule is Cc1ccccc1OCC(=O)NCC1CCOc2ccccc21. The molecule has 1 heterocycles. The smallest absolute Gasteiger partial charge is 0.257 e. The zero-order chi connectivity index (χ0) is 16.1. The maximum Gasteiger partial charge on any atom is 0.257 e. The van der Waals surface area contributed by atoms with Crippen LogP contribution in [0.15, 0.2) is 48.5 Å². The van der Waals surface area contributed by atoms with Crippen molar-refractivity contribution in [2.75, 3.05) is 19.8 Å². The highest BCUT2D eigenvalue weighted by atomic mass is 16.5. The van der Waals surface area contributed by atoms with Crippen molar-refractivity contribution >= 4 is 5.91 Å². The van der Waals surface area contributed by atoms with Crippen LogP contribution >= 0.6 is 0 Å². The van der Waals surface area contributed by atoms with Gasteiger partial charge in [0.2, 0.25) is 0 Å². The van der Waals surface area contributed by atoms with Gasteiger partial charge in [-0.2, -0.15) is 0 Å². The summed E-state index contributed by atoms with van der Waals surface area (Å²) >= 11 is 0. The third-order valence-corrected chi connectivity index (χ3v) is 4.08. The summed E-state index contributed by atoms with van der Waals surface area (Å²) in [7, 11) is 0. The first-order valence-corrected chi connectivity index (χ1v) is 7.91. The molecule has 1 N–H and O–H groups in total. The number of aryl methyl sites for hydroxylation is 1. The van der Waals surface area contributed by atoms with E-state index < -0.39 is 0 Å². The van der Waals surface area contributed by atoms with E-state index in [0.717, 1.165) is 23.5 Å². The summed E-state index contributed by atoms with van der Waals surface area (Å²) in [5.74, 6) is 1.87. The molecule has 1 amide bonds. The van der Waals surface area contributed by atoms with Crippen LogP contribution in [0.4, 0.5) is 0 Å². The Morgan fingerprint density at radius 2 is 2.00 bits per heavy atom. The fourth-order valence-electron chi connectivity index (χ4n) is 2.78. The molecule has 0 aromatic heterocycles. The molecule has 0 saturated heterocycles. The van der Waals surface area contributed by atoms with E-state index in [2.05, 4.69) is 11.4 Å².